The van der Waals surface area contributed by atoms with Crippen molar-refractivity contribution in [2.24, 2.45) is 0 Å². The molecule has 12 heteroatoms. The third kappa shape index (κ3) is 7.44. The average Bonchev–Trinajstić information content (AvgIpc) is 2.95. The topological polar surface area (TPSA) is 105 Å². The second-order valence-electron chi connectivity index (χ2n) is 9.15. The Morgan fingerprint density at radius 2 is 1.61 bits per heavy atom. The summed E-state index contributed by atoms with van der Waals surface area (Å²) in [7, 11) is -1.47. The molecule has 0 radical (unpaired) electrons. The molecule has 41 heavy (non-hydrogen) atoms. The summed E-state index contributed by atoms with van der Waals surface area (Å²) in [6.07, 6.45) is 0. The van der Waals surface area contributed by atoms with Crippen molar-refractivity contribution in [3.05, 3.63) is 81.8 Å². The second kappa shape index (κ2) is 13.9. The number of methoxy groups -OCH3 is 2. The first kappa shape index (κ1) is 32.0. The van der Waals surface area contributed by atoms with Gasteiger partial charge in [-0.2, -0.15) is 0 Å². The van der Waals surface area contributed by atoms with Gasteiger partial charge in [-0.25, -0.2) is 8.42 Å². The molecule has 0 fully saturated rings. The van der Waals surface area contributed by atoms with Crippen LogP contribution in [0.25, 0.3) is 0 Å². The molecule has 0 aliphatic rings. The Morgan fingerprint density at radius 1 is 0.976 bits per heavy atom. The minimum atomic E-state index is -4.30. The predicted molar refractivity (Wildman–Crippen MR) is 160 cm³/mol. The fraction of sp³-hybridized carbons (Fsp3) is 0.310. The number of sulfonamides is 1. The van der Waals surface area contributed by atoms with Crippen LogP contribution >= 0.6 is 23.2 Å². The Bertz CT molecular complexity index is 1480. The largest absolute Gasteiger partial charge is 0.497 e. The summed E-state index contributed by atoms with van der Waals surface area (Å²) in [5.41, 5.74) is 1.37. The molecule has 0 aliphatic heterocycles. The van der Waals surface area contributed by atoms with Crippen molar-refractivity contribution < 1.29 is 27.5 Å². The Labute approximate surface area is 251 Å². The molecule has 220 valence electrons. The van der Waals surface area contributed by atoms with Gasteiger partial charge in [-0.1, -0.05) is 47.0 Å². The van der Waals surface area contributed by atoms with Crippen LogP contribution < -0.4 is 19.1 Å². The molecule has 0 aliphatic carbocycles. The molecule has 9 nitrogen and oxygen atoms in total. The maximum Gasteiger partial charge on any atom is 0.264 e. The van der Waals surface area contributed by atoms with Gasteiger partial charge in [0.25, 0.3) is 10.0 Å². The number of hydrogen-bond donors (Lipinski definition) is 1. The van der Waals surface area contributed by atoms with Crippen LogP contribution in [0.3, 0.4) is 0 Å². The lowest BCUT2D eigenvalue weighted by molar-refractivity contribution is -0.139. The van der Waals surface area contributed by atoms with Gasteiger partial charge in [-0.15, -0.1) is 0 Å². The molecule has 1 atom stereocenters. The zero-order valence-corrected chi connectivity index (χ0v) is 25.8. The number of ether oxygens (including phenoxy) is 2. The van der Waals surface area contributed by atoms with Crippen LogP contribution in [0.1, 0.15) is 25.0 Å². The molecule has 0 unspecified atom stereocenters. The van der Waals surface area contributed by atoms with E-state index in [4.69, 9.17) is 32.7 Å². The second-order valence-corrected chi connectivity index (χ2v) is 11.8. The van der Waals surface area contributed by atoms with Gasteiger partial charge in [0.05, 0.1) is 24.8 Å². The third-order valence-electron chi connectivity index (χ3n) is 6.45. The number of likely N-dealkylation sites (N-methyl/N-ethyl adjacent to an activating group) is 1. The lowest BCUT2D eigenvalue weighted by Gasteiger charge is -2.32. The number of nitrogens with zero attached hydrogens (tertiary/aromatic N) is 2. The molecular formula is C29H33Cl2N3O6S. The maximum atomic E-state index is 14.1. The summed E-state index contributed by atoms with van der Waals surface area (Å²) in [5.74, 6) is -0.532. The van der Waals surface area contributed by atoms with Crippen molar-refractivity contribution in [2.75, 3.05) is 31.6 Å². The molecule has 2 amide bonds. The molecule has 3 aromatic carbocycles. The van der Waals surface area contributed by atoms with E-state index in [1.54, 1.807) is 56.3 Å². The summed E-state index contributed by atoms with van der Waals surface area (Å²) in [4.78, 5) is 28.2. The van der Waals surface area contributed by atoms with E-state index in [2.05, 4.69) is 5.32 Å². The van der Waals surface area contributed by atoms with Crippen molar-refractivity contribution in [1.29, 1.82) is 0 Å². The molecule has 0 spiro atoms. The average molecular weight is 623 g/mol. The zero-order valence-electron chi connectivity index (χ0n) is 23.5. The number of nitrogens with one attached hydrogen (secondary N) is 1. The Hall–Kier alpha value is -3.47. The van der Waals surface area contributed by atoms with E-state index in [9.17, 15) is 18.0 Å². The van der Waals surface area contributed by atoms with Crippen LogP contribution in [0.4, 0.5) is 5.69 Å². The summed E-state index contributed by atoms with van der Waals surface area (Å²) < 4.78 is 39.9. The van der Waals surface area contributed by atoms with E-state index in [-0.39, 0.29) is 22.9 Å². The molecule has 3 aromatic rings. The van der Waals surface area contributed by atoms with Crippen molar-refractivity contribution in [2.45, 2.75) is 38.3 Å². The smallest absolute Gasteiger partial charge is 0.264 e. The van der Waals surface area contributed by atoms with Gasteiger partial charge in [0.2, 0.25) is 11.8 Å². The van der Waals surface area contributed by atoms with Crippen LogP contribution in [0, 0.1) is 6.92 Å². The van der Waals surface area contributed by atoms with Crippen LogP contribution in [0.15, 0.2) is 65.6 Å². The SMILES string of the molecule is CCNC(=O)[C@@H](C)N(Cc1c(Cl)cccc1Cl)C(=O)CN(c1cc(OC)ccc1OC)S(=O)(=O)c1ccc(C)cc1. The summed E-state index contributed by atoms with van der Waals surface area (Å²) >= 11 is 12.8. The minimum absolute atomic E-state index is 0.0294. The van der Waals surface area contributed by atoms with Crippen LogP contribution in [-0.4, -0.2) is 58.5 Å². The number of hydrogen-bond acceptors (Lipinski definition) is 6. The van der Waals surface area contributed by atoms with E-state index in [0.29, 0.717) is 27.9 Å². The van der Waals surface area contributed by atoms with Gasteiger partial charge >= 0.3 is 0 Å². The van der Waals surface area contributed by atoms with Gasteiger partial charge in [0.15, 0.2) is 0 Å². The van der Waals surface area contributed by atoms with Crippen LogP contribution in [0.2, 0.25) is 10.0 Å². The van der Waals surface area contributed by atoms with Crippen molar-refractivity contribution in [3.63, 3.8) is 0 Å². The predicted octanol–water partition coefficient (Wildman–Crippen LogP) is 5.07. The van der Waals surface area contributed by atoms with Crippen molar-refractivity contribution >= 4 is 50.7 Å². The van der Waals surface area contributed by atoms with E-state index in [1.807, 2.05) is 6.92 Å². The monoisotopic (exact) mass is 621 g/mol. The van der Waals surface area contributed by atoms with Crippen molar-refractivity contribution in [3.8, 4) is 11.5 Å². The number of benzene rings is 3. The molecule has 0 bridgehead atoms. The summed E-state index contributed by atoms with van der Waals surface area (Å²) in [6.45, 7) is 4.69. The zero-order chi connectivity index (χ0) is 30.3. The fourth-order valence-corrected chi connectivity index (χ4v) is 6.03. The maximum absolute atomic E-state index is 14.1. The lowest BCUT2D eigenvalue weighted by atomic mass is 10.1. The van der Waals surface area contributed by atoms with E-state index >= 15 is 0 Å². The van der Waals surface area contributed by atoms with E-state index in [1.165, 1.54) is 37.3 Å². The quantitative estimate of drug-likeness (QED) is 0.303. The normalized spacial score (nSPS) is 11.9. The van der Waals surface area contributed by atoms with Gasteiger partial charge in [-0.05, 0) is 57.2 Å². The van der Waals surface area contributed by atoms with Crippen LogP contribution in [-0.2, 0) is 26.2 Å². The summed E-state index contributed by atoms with van der Waals surface area (Å²) in [6, 6.07) is 14.8. The molecule has 0 aromatic heterocycles. The highest BCUT2D eigenvalue weighted by molar-refractivity contribution is 7.92. The van der Waals surface area contributed by atoms with Gasteiger partial charge in [0, 0.05) is 34.8 Å². The van der Waals surface area contributed by atoms with Crippen LogP contribution in [0.5, 0.6) is 11.5 Å². The Balaban J connectivity index is 2.16. The van der Waals surface area contributed by atoms with Gasteiger partial charge in [-0.3, -0.25) is 13.9 Å². The molecule has 0 saturated heterocycles. The molecular weight excluding hydrogens is 589 g/mol. The minimum Gasteiger partial charge on any atom is -0.497 e. The number of amides is 2. The molecule has 0 saturated carbocycles. The standard InChI is InChI=1S/C29H33Cl2N3O6S/c1-6-32-29(36)20(3)33(17-23-24(30)8-7-9-25(23)31)28(35)18-34(26-16-21(39-4)12-15-27(26)40-5)41(37,38)22-13-10-19(2)11-14-22/h7-16,20H,6,17-18H2,1-5H3,(H,32,36)/t20-/m1/s1. The third-order valence-corrected chi connectivity index (χ3v) is 8.93. The van der Waals surface area contributed by atoms with E-state index in [0.717, 1.165) is 9.87 Å². The number of halogens is 2. The molecule has 0 heterocycles. The Morgan fingerprint density at radius 3 is 2.17 bits per heavy atom. The van der Waals surface area contributed by atoms with Gasteiger partial charge in [0.1, 0.15) is 24.1 Å². The highest BCUT2D eigenvalue weighted by Gasteiger charge is 2.34. The summed E-state index contributed by atoms with van der Waals surface area (Å²) in [5, 5.41) is 3.31. The highest BCUT2D eigenvalue weighted by Crippen LogP contribution is 2.36. The van der Waals surface area contributed by atoms with Gasteiger partial charge < -0.3 is 19.7 Å². The lowest BCUT2D eigenvalue weighted by Crippen LogP contribution is -2.51. The fourth-order valence-electron chi connectivity index (χ4n) is 4.10. The number of carbonyl (C=O) groups is 2. The first-order chi connectivity index (χ1) is 19.4. The molecule has 3 rings (SSSR count). The first-order valence-electron chi connectivity index (χ1n) is 12.8. The highest BCUT2D eigenvalue weighted by atomic mass is 35.5. The number of aryl methyl sites for hydroxylation is 1. The Kier molecular flexibility index (Phi) is 10.9. The number of anilines is 1. The van der Waals surface area contributed by atoms with E-state index < -0.39 is 34.4 Å². The number of rotatable bonds is 12. The first-order valence-corrected chi connectivity index (χ1v) is 15.0. The number of carbonyl (C=O) groups excluding carboxylic acids is 2. The van der Waals surface area contributed by atoms with Crippen molar-refractivity contribution in [1.82, 2.24) is 10.2 Å². The molecule has 1 N–H and O–H groups in total.